The van der Waals surface area contributed by atoms with Gasteiger partial charge in [-0.3, -0.25) is 0 Å². The molecule has 0 N–H and O–H groups in total. The summed E-state index contributed by atoms with van der Waals surface area (Å²) in [6.07, 6.45) is 9.48. The smallest absolute Gasteiger partial charge is 0.0468 e. The van der Waals surface area contributed by atoms with Gasteiger partial charge in [-0.15, -0.1) is 0 Å². The Hall–Kier alpha value is -4.88. The second kappa shape index (κ2) is 11.9. The van der Waals surface area contributed by atoms with Crippen LogP contribution < -0.4 is 4.90 Å². The third-order valence-electron chi connectivity index (χ3n) is 16.9. The van der Waals surface area contributed by atoms with E-state index < -0.39 is 0 Å². The first-order chi connectivity index (χ1) is 27.9. The summed E-state index contributed by atoms with van der Waals surface area (Å²) in [5, 5.41) is 0. The van der Waals surface area contributed by atoms with Gasteiger partial charge in [0.05, 0.1) is 0 Å². The van der Waals surface area contributed by atoms with Gasteiger partial charge in [-0.05, 0) is 189 Å². The summed E-state index contributed by atoms with van der Waals surface area (Å²) < 4.78 is 0. The van der Waals surface area contributed by atoms with E-state index in [0.29, 0.717) is 0 Å². The predicted octanol–water partition coefficient (Wildman–Crippen LogP) is 15.2. The van der Waals surface area contributed by atoms with E-state index in [-0.39, 0.29) is 21.7 Å². The summed E-state index contributed by atoms with van der Waals surface area (Å²) in [5.74, 6) is 3.32. The topological polar surface area (TPSA) is 3.24 Å². The summed E-state index contributed by atoms with van der Waals surface area (Å²) in [7, 11) is 0. The van der Waals surface area contributed by atoms with Crippen LogP contribution in [0.1, 0.15) is 120 Å². The van der Waals surface area contributed by atoms with E-state index in [4.69, 9.17) is 0 Å². The predicted molar refractivity (Wildman–Crippen MR) is 243 cm³/mol. The molecular formula is C57H57N. The fourth-order valence-corrected chi connectivity index (χ4v) is 14.1. The summed E-state index contributed by atoms with van der Waals surface area (Å²) in [6.45, 7) is 14.6. The van der Waals surface area contributed by atoms with Gasteiger partial charge in [0, 0.05) is 27.9 Å². The molecule has 0 amide bonds. The molecule has 13 rings (SSSR count). The van der Waals surface area contributed by atoms with Gasteiger partial charge in [-0.1, -0.05) is 126 Å². The average Bonchev–Trinajstić information content (AvgIpc) is 3.64. The zero-order chi connectivity index (χ0) is 39.3. The van der Waals surface area contributed by atoms with Crippen LogP contribution in [0.25, 0.3) is 33.4 Å². The molecule has 0 aromatic heterocycles. The quantitative estimate of drug-likeness (QED) is 0.173. The zero-order valence-corrected chi connectivity index (χ0v) is 35.3. The summed E-state index contributed by atoms with van der Waals surface area (Å²) in [6, 6.07) is 50.3. The van der Waals surface area contributed by atoms with Crippen molar-refractivity contribution >= 4 is 17.1 Å². The number of rotatable bonds is 4. The molecule has 1 spiro atoms. The van der Waals surface area contributed by atoms with Crippen LogP contribution in [0.15, 0.2) is 127 Å². The molecule has 1 heteroatoms. The van der Waals surface area contributed by atoms with E-state index in [2.05, 4.69) is 174 Å². The third kappa shape index (κ3) is 4.71. The molecule has 7 aliphatic rings. The van der Waals surface area contributed by atoms with E-state index in [0.717, 1.165) is 23.7 Å². The lowest BCUT2D eigenvalue weighted by Gasteiger charge is -2.61. The van der Waals surface area contributed by atoms with Crippen molar-refractivity contribution in [2.75, 3.05) is 4.90 Å². The maximum absolute atomic E-state index is 2.62. The van der Waals surface area contributed by atoms with Gasteiger partial charge in [0.1, 0.15) is 0 Å². The van der Waals surface area contributed by atoms with Crippen molar-refractivity contribution in [1.82, 2.24) is 0 Å². The van der Waals surface area contributed by atoms with Crippen LogP contribution in [-0.2, 0) is 21.7 Å². The summed E-state index contributed by atoms with van der Waals surface area (Å²) in [5.41, 5.74) is 21.5. The van der Waals surface area contributed by atoms with E-state index in [9.17, 15) is 0 Å². The molecule has 1 nitrogen and oxygen atoms in total. The molecule has 6 aromatic rings. The van der Waals surface area contributed by atoms with Crippen molar-refractivity contribution in [1.29, 1.82) is 0 Å². The number of nitrogens with zero attached hydrogens (tertiary/aromatic N) is 1. The van der Waals surface area contributed by atoms with Gasteiger partial charge in [-0.25, -0.2) is 0 Å². The minimum Gasteiger partial charge on any atom is -0.310 e. The van der Waals surface area contributed by atoms with Gasteiger partial charge in [0.15, 0.2) is 0 Å². The molecule has 0 aliphatic heterocycles. The second-order valence-electron chi connectivity index (χ2n) is 21.3. The third-order valence-corrected chi connectivity index (χ3v) is 16.9. The molecule has 4 saturated carbocycles. The van der Waals surface area contributed by atoms with E-state index >= 15 is 0 Å². The summed E-state index contributed by atoms with van der Waals surface area (Å²) >= 11 is 0. The van der Waals surface area contributed by atoms with Gasteiger partial charge in [-0.2, -0.15) is 0 Å². The molecular weight excluding hydrogens is 699 g/mol. The Bertz CT molecular complexity index is 2640. The van der Waals surface area contributed by atoms with Crippen LogP contribution in [0, 0.1) is 23.7 Å². The largest absolute Gasteiger partial charge is 0.310 e. The molecule has 0 saturated heterocycles. The second-order valence-corrected chi connectivity index (χ2v) is 21.3. The molecule has 0 atom stereocenters. The van der Waals surface area contributed by atoms with Gasteiger partial charge >= 0.3 is 0 Å². The monoisotopic (exact) mass is 755 g/mol. The van der Waals surface area contributed by atoms with Crippen LogP contribution in [-0.4, -0.2) is 0 Å². The Morgan fingerprint density at radius 2 is 0.931 bits per heavy atom. The zero-order valence-electron chi connectivity index (χ0n) is 35.3. The highest BCUT2D eigenvalue weighted by Gasteiger charge is 2.61. The van der Waals surface area contributed by atoms with Gasteiger partial charge < -0.3 is 4.90 Å². The number of benzene rings is 6. The molecule has 0 radical (unpaired) electrons. The fraction of sp³-hybridized carbons (Fsp3) is 0.368. The van der Waals surface area contributed by atoms with Crippen LogP contribution >= 0.6 is 0 Å². The highest BCUT2D eigenvalue weighted by Crippen LogP contribution is 2.70. The number of fused-ring (bicyclic) bond motifs is 7. The lowest BCUT2D eigenvalue weighted by atomic mass is 9.43. The van der Waals surface area contributed by atoms with Crippen LogP contribution in [0.5, 0.6) is 0 Å². The van der Waals surface area contributed by atoms with Crippen molar-refractivity contribution in [2.45, 2.75) is 108 Å². The minimum atomic E-state index is -0.0773. The van der Waals surface area contributed by atoms with Gasteiger partial charge in [0.2, 0.25) is 0 Å². The van der Waals surface area contributed by atoms with E-state index in [1.807, 2.05) is 0 Å². The lowest BCUT2D eigenvalue weighted by molar-refractivity contribution is -0.0399. The number of hydrogen-bond donors (Lipinski definition) is 0. The van der Waals surface area contributed by atoms with Crippen molar-refractivity contribution in [2.24, 2.45) is 23.7 Å². The molecule has 4 bridgehead atoms. The molecule has 7 aliphatic carbocycles. The molecule has 6 aromatic carbocycles. The summed E-state index contributed by atoms with van der Waals surface area (Å²) in [4.78, 5) is 2.61. The number of hydrogen-bond acceptors (Lipinski definition) is 1. The Labute approximate surface area is 346 Å². The Morgan fingerprint density at radius 3 is 1.64 bits per heavy atom. The van der Waals surface area contributed by atoms with Crippen LogP contribution in [0.3, 0.4) is 0 Å². The normalized spacial score (nSPS) is 26.8. The minimum absolute atomic E-state index is 0.0773. The van der Waals surface area contributed by atoms with Crippen molar-refractivity contribution in [3.05, 3.63) is 161 Å². The van der Waals surface area contributed by atoms with Crippen molar-refractivity contribution < 1.29 is 0 Å². The Kier molecular flexibility index (Phi) is 7.18. The fourth-order valence-electron chi connectivity index (χ4n) is 14.1. The molecule has 4 fully saturated rings. The maximum atomic E-state index is 2.62. The highest BCUT2D eigenvalue weighted by molar-refractivity contribution is 5.91. The molecule has 58 heavy (non-hydrogen) atoms. The average molecular weight is 756 g/mol. The van der Waals surface area contributed by atoms with Crippen LogP contribution in [0.2, 0.25) is 0 Å². The van der Waals surface area contributed by atoms with Crippen molar-refractivity contribution in [3.63, 3.8) is 0 Å². The maximum Gasteiger partial charge on any atom is 0.0468 e. The molecule has 0 heterocycles. The molecule has 290 valence electrons. The highest BCUT2D eigenvalue weighted by atomic mass is 15.1. The number of anilines is 3. The first-order valence-corrected chi connectivity index (χ1v) is 22.5. The van der Waals surface area contributed by atoms with Gasteiger partial charge in [0.25, 0.3) is 0 Å². The van der Waals surface area contributed by atoms with E-state index in [1.165, 1.54) is 118 Å². The lowest BCUT2D eigenvalue weighted by Crippen LogP contribution is -2.55. The first kappa shape index (κ1) is 35.1. The Morgan fingerprint density at radius 1 is 0.397 bits per heavy atom. The first-order valence-electron chi connectivity index (χ1n) is 22.5. The SMILES string of the molecule is CC1(C)CCC(C)(C)c2cc(N(c3ccc4c(c3)-c3cc(-c5ccccc5)ccc3C43C4CC5CC(C4)CC3C5)c3ccc4c(c3)C(C)(C)c3ccccc3-4)ccc21. The van der Waals surface area contributed by atoms with Crippen LogP contribution in [0.4, 0.5) is 17.1 Å². The standard InChI is InChI=1S/C57H57N/c1-54(2)24-25-55(3,4)53-34-43(19-23-51(53)54)58(42-17-20-45-44-14-10-11-15-48(44)56(5,6)52(45)33-42)41-18-22-50-47(32-41)46-31-38(37-12-8-7-9-13-37)16-21-49(46)57(50)39-27-35-26-36(29-39)30-40(57)28-35/h7-23,31-36,39-40H,24-30H2,1-6H3. The van der Waals surface area contributed by atoms with Crippen molar-refractivity contribution in [3.8, 4) is 33.4 Å². The van der Waals surface area contributed by atoms with E-state index in [1.54, 1.807) is 11.1 Å². The Balaban J connectivity index is 1.08. The molecule has 0 unspecified atom stereocenters.